The molecule has 0 aromatic carbocycles. The normalized spacial score (nSPS) is 34.2. The predicted octanol–water partition coefficient (Wildman–Crippen LogP) is 1.18. The molecule has 1 saturated carbocycles. The molecule has 1 aliphatic carbocycles. The second-order valence-corrected chi connectivity index (χ2v) is 3.83. The van der Waals surface area contributed by atoms with Crippen LogP contribution in [0.25, 0.3) is 0 Å². The molecule has 0 radical (unpaired) electrons. The summed E-state index contributed by atoms with van der Waals surface area (Å²) in [5.74, 6) is -0.165. The van der Waals surface area contributed by atoms with Crippen molar-refractivity contribution in [3.63, 3.8) is 0 Å². The molecule has 1 rings (SSSR count). The van der Waals surface area contributed by atoms with Gasteiger partial charge in [0.1, 0.15) is 5.54 Å². The molecule has 0 aromatic heterocycles. The van der Waals surface area contributed by atoms with Gasteiger partial charge in [0, 0.05) is 18.7 Å². The monoisotopic (exact) mass is 186 g/mol. The van der Waals surface area contributed by atoms with E-state index < -0.39 is 5.54 Å². The lowest BCUT2D eigenvalue weighted by Gasteiger charge is -2.20. The molecule has 3 nitrogen and oxygen atoms in total. The first-order valence-corrected chi connectivity index (χ1v) is 4.36. The largest absolute Gasteiger partial charge is 0.338 e. The Labute approximate surface area is 76.7 Å². The van der Waals surface area contributed by atoms with E-state index in [0.29, 0.717) is 12.8 Å². The van der Waals surface area contributed by atoms with Crippen LogP contribution in [0, 0.1) is 11.3 Å². The van der Waals surface area contributed by atoms with Gasteiger partial charge in [0.2, 0.25) is 5.91 Å². The highest BCUT2D eigenvalue weighted by atomic mass is 35.5. The number of amides is 1. The predicted molar refractivity (Wildman–Crippen MR) is 45.7 cm³/mol. The quantitative estimate of drug-likeness (QED) is 0.626. The van der Waals surface area contributed by atoms with Crippen LogP contribution >= 0.6 is 11.6 Å². The van der Waals surface area contributed by atoms with Gasteiger partial charge in [0.15, 0.2) is 0 Å². The van der Waals surface area contributed by atoms with Crippen LogP contribution in [0.4, 0.5) is 0 Å². The van der Waals surface area contributed by atoms with Crippen molar-refractivity contribution >= 4 is 17.5 Å². The molecule has 1 amide bonds. The molecule has 0 saturated heterocycles. The van der Waals surface area contributed by atoms with E-state index in [1.165, 1.54) is 6.92 Å². The Morgan fingerprint density at radius 3 is 2.83 bits per heavy atom. The van der Waals surface area contributed by atoms with Crippen molar-refractivity contribution in [2.75, 3.05) is 0 Å². The van der Waals surface area contributed by atoms with Crippen LogP contribution < -0.4 is 5.32 Å². The highest BCUT2D eigenvalue weighted by molar-refractivity contribution is 6.20. The van der Waals surface area contributed by atoms with Gasteiger partial charge in [-0.05, 0) is 12.8 Å². The SMILES string of the molecule is CC(=O)NC1(C#N)CCC(Cl)C1. The van der Waals surface area contributed by atoms with E-state index in [2.05, 4.69) is 11.4 Å². The molecular weight excluding hydrogens is 176 g/mol. The third kappa shape index (κ3) is 1.89. The minimum Gasteiger partial charge on any atom is -0.338 e. The molecule has 0 aromatic rings. The van der Waals surface area contributed by atoms with Crippen molar-refractivity contribution in [2.24, 2.45) is 0 Å². The fourth-order valence-corrected chi connectivity index (χ4v) is 1.94. The number of nitrogens with one attached hydrogen (secondary N) is 1. The average molecular weight is 187 g/mol. The zero-order chi connectivity index (χ0) is 9.19. The van der Waals surface area contributed by atoms with Gasteiger partial charge in [0.05, 0.1) is 6.07 Å². The molecule has 1 fully saturated rings. The molecule has 0 aliphatic heterocycles. The van der Waals surface area contributed by atoms with Gasteiger partial charge in [0.25, 0.3) is 0 Å². The summed E-state index contributed by atoms with van der Waals surface area (Å²) in [4.78, 5) is 10.8. The number of alkyl halides is 1. The maximum atomic E-state index is 10.8. The van der Waals surface area contributed by atoms with Crippen LogP contribution in [0.3, 0.4) is 0 Å². The van der Waals surface area contributed by atoms with Gasteiger partial charge < -0.3 is 5.32 Å². The minimum absolute atomic E-state index is 0.0245. The summed E-state index contributed by atoms with van der Waals surface area (Å²) in [7, 11) is 0. The zero-order valence-corrected chi connectivity index (χ0v) is 7.69. The Hall–Kier alpha value is -0.750. The van der Waals surface area contributed by atoms with Gasteiger partial charge in [-0.3, -0.25) is 4.79 Å². The lowest BCUT2D eigenvalue weighted by atomic mass is 10.00. The van der Waals surface area contributed by atoms with Crippen LogP contribution in [-0.4, -0.2) is 16.8 Å². The Bertz CT molecular complexity index is 236. The zero-order valence-electron chi connectivity index (χ0n) is 6.93. The molecule has 66 valence electrons. The molecule has 2 unspecified atom stereocenters. The van der Waals surface area contributed by atoms with Crippen LogP contribution in [0.5, 0.6) is 0 Å². The Morgan fingerprint density at radius 1 is 1.83 bits per heavy atom. The van der Waals surface area contributed by atoms with Crippen molar-refractivity contribution < 1.29 is 4.79 Å². The van der Waals surface area contributed by atoms with E-state index in [1.54, 1.807) is 0 Å². The molecule has 1 aliphatic rings. The molecule has 0 heterocycles. The first-order valence-electron chi connectivity index (χ1n) is 3.92. The van der Waals surface area contributed by atoms with E-state index in [0.717, 1.165) is 6.42 Å². The molecular formula is C8H11ClN2O. The molecule has 0 bridgehead atoms. The van der Waals surface area contributed by atoms with Crippen LogP contribution in [0.1, 0.15) is 26.2 Å². The summed E-state index contributed by atoms with van der Waals surface area (Å²) in [5.41, 5.74) is -0.696. The number of carbonyl (C=O) groups excluding carboxylic acids is 1. The summed E-state index contributed by atoms with van der Waals surface area (Å²) in [6.07, 6.45) is 2.03. The maximum absolute atomic E-state index is 10.8. The number of hydrogen-bond acceptors (Lipinski definition) is 2. The number of hydrogen-bond donors (Lipinski definition) is 1. The van der Waals surface area contributed by atoms with E-state index >= 15 is 0 Å². The molecule has 0 spiro atoms. The Morgan fingerprint density at radius 2 is 2.50 bits per heavy atom. The lowest BCUT2D eigenvalue weighted by molar-refractivity contribution is -0.120. The second kappa shape index (κ2) is 3.32. The van der Waals surface area contributed by atoms with Crippen molar-refractivity contribution in [2.45, 2.75) is 37.1 Å². The fourth-order valence-electron chi connectivity index (χ4n) is 1.57. The summed E-state index contributed by atoms with van der Waals surface area (Å²) >= 11 is 5.86. The number of nitrogens with zero attached hydrogens (tertiary/aromatic N) is 1. The number of halogens is 1. The fraction of sp³-hybridized carbons (Fsp3) is 0.750. The van der Waals surface area contributed by atoms with Gasteiger partial charge in [-0.25, -0.2) is 0 Å². The molecule has 4 heteroatoms. The van der Waals surface area contributed by atoms with Crippen LogP contribution in [0.15, 0.2) is 0 Å². The van der Waals surface area contributed by atoms with Gasteiger partial charge >= 0.3 is 0 Å². The van der Waals surface area contributed by atoms with Gasteiger partial charge in [-0.2, -0.15) is 5.26 Å². The van der Waals surface area contributed by atoms with Gasteiger partial charge in [-0.15, -0.1) is 11.6 Å². The highest BCUT2D eigenvalue weighted by Gasteiger charge is 2.39. The number of rotatable bonds is 1. The molecule has 12 heavy (non-hydrogen) atoms. The molecule has 2 atom stereocenters. The van der Waals surface area contributed by atoms with E-state index in [4.69, 9.17) is 16.9 Å². The standard InChI is InChI=1S/C8H11ClN2O/c1-6(12)11-8(5-10)3-2-7(9)4-8/h7H,2-4H2,1H3,(H,11,12). The van der Waals surface area contributed by atoms with Crippen molar-refractivity contribution in [3.05, 3.63) is 0 Å². The summed E-state index contributed by atoms with van der Waals surface area (Å²) < 4.78 is 0. The first-order chi connectivity index (χ1) is 5.58. The van der Waals surface area contributed by atoms with Crippen molar-refractivity contribution in [3.8, 4) is 6.07 Å². The van der Waals surface area contributed by atoms with E-state index in [9.17, 15) is 4.79 Å². The minimum atomic E-state index is -0.696. The first kappa shape index (κ1) is 9.34. The van der Waals surface area contributed by atoms with Crippen LogP contribution in [-0.2, 0) is 4.79 Å². The van der Waals surface area contributed by atoms with Crippen molar-refractivity contribution in [1.29, 1.82) is 5.26 Å². The third-order valence-electron chi connectivity index (χ3n) is 2.08. The smallest absolute Gasteiger partial charge is 0.218 e. The van der Waals surface area contributed by atoms with Gasteiger partial charge in [-0.1, -0.05) is 0 Å². The summed E-state index contributed by atoms with van der Waals surface area (Å²) in [5, 5.41) is 11.5. The van der Waals surface area contributed by atoms with Crippen molar-refractivity contribution in [1.82, 2.24) is 5.32 Å². The second-order valence-electron chi connectivity index (χ2n) is 3.22. The lowest BCUT2D eigenvalue weighted by Crippen LogP contribution is -2.44. The highest BCUT2D eigenvalue weighted by Crippen LogP contribution is 2.32. The topological polar surface area (TPSA) is 52.9 Å². The summed E-state index contributed by atoms with van der Waals surface area (Å²) in [6.45, 7) is 1.42. The Balaban J connectivity index is 2.66. The van der Waals surface area contributed by atoms with Crippen LogP contribution in [0.2, 0.25) is 0 Å². The average Bonchev–Trinajstić information content (AvgIpc) is 2.32. The molecule has 1 N–H and O–H groups in total. The third-order valence-corrected chi connectivity index (χ3v) is 2.46. The Kier molecular flexibility index (Phi) is 2.58. The number of carbonyl (C=O) groups is 1. The van der Waals surface area contributed by atoms with E-state index in [1.807, 2.05) is 0 Å². The number of nitriles is 1. The van der Waals surface area contributed by atoms with E-state index in [-0.39, 0.29) is 11.3 Å². The summed E-state index contributed by atoms with van der Waals surface area (Å²) in [6, 6.07) is 2.12. The maximum Gasteiger partial charge on any atom is 0.218 e.